The van der Waals surface area contributed by atoms with E-state index in [1.54, 1.807) is 0 Å². The summed E-state index contributed by atoms with van der Waals surface area (Å²) in [4.78, 5) is 4.42. The Hall–Kier alpha value is -1.92. The molecule has 3 heterocycles. The molecular weight excluding hydrogens is 258 g/mol. The maximum Gasteiger partial charge on any atom is 0.244 e. The lowest BCUT2D eigenvalue weighted by Gasteiger charge is -2.05. The van der Waals surface area contributed by atoms with Crippen molar-refractivity contribution in [3.05, 3.63) is 41.5 Å². The van der Waals surface area contributed by atoms with Crippen LogP contribution in [-0.4, -0.2) is 27.9 Å². The summed E-state index contributed by atoms with van der Waals surface area (Å²) >= 11 is 0. The topological polar surface area (TPSA) is 80.4 Å². The Balaban J connectivity index is 1.52. The van der Waals surface area contributed by atoms with E-state index >= 15 is 0 Å². The molecule has 6 nitrogen and oxygen atoms in total. The van der Waals surface area contributed by atoms with Gasteiger partial charge in [0.25, 0.3) is 0 Å². The monoisotopic (exact) mass is 273 g/mol. The van der Waals surface area contributed by atoms with E-state index in [1.807, 2.05) is 24.3 Å². The van der Waals surface area contributed by atoms with Gasteiger partial charge in [-0.25, -0.2) is 0 Å². The fourth-order valence-electron chi connectivity index (χ4n) is 2.75. The van der Waals surface area contributed by atoms with Crippen molar-refractivity contribution in [1.29, 1.82) is 0 Å². The summed E-state index contributed by atoms with van der Waals surface area (Å²) in [6, 6.07) is 7.88. The van der Waals surface area contributed by atoms with E-state index in [4.69, 9.17) is 9.26 Å². The Bertz CT molecular complexity index is 603. The molecule has 1 unspecified atom stereocenters. The second kappa shape index (κ2) is 4.57. The van der Waals surface area contributed by atoms with Crippen molar-refractivity contribution in [2.75, 3.05) is 6.54 Å². The fraction of sp³-hybridized carbons (Fsp3) is 0.429. The van der Waals surface area contributed by atoms with E-state index in [0.29, 0.717) is 24.7 Å². The first kappa shape index (κ1) is 11.9. The van der Waals surface area contributed by atoms with Gasteiger partial charge < -0.3 is 19.7 Å². The number of aliphatic hydroxyl groups excluding tert-OH is 1. The van der Waals surface area contributed by atoms with Gasteiger partial charge in [-0.1, -0.05) is 23.4 Å². The number of aromatic nitrogens is 2. The number of nitrogens with one attached hydrogen (secondary N) is 1. The van der Waals surface area contributed by atoms with Crippen LogP contribution >= 0.6 is 0 Å². The van der Waals surface area contributed by atoms with Gasteiger partial charge in [0.2, 0.25) is 11.7 Å². The van der Waals surface area contributed by atoms with E-state index in [9.17, 15) is 5.11 Å². The van der Waals surface area contributed by atoms with Crippen LogP contribution in [0.1, 0.15) is 35.8 Å². The van der Waals surface area contributed by atoms with Crippen molar-refractivity contribution in [3.63, 3.8) is 0 Å². The van der Waals surface area contributed by atoms with Gasteiger partial charge >= 0.3 is 0 Å². The molecule has 2 aromatic rings. The van der Waals surface area contributed by atoms with Crippen molar-refractivity contribution in [1.82, 2.24) is 15.5 Å². The van der Waals surface area contributed by atoms with E-state index in [0.717, 1.165) is 12.2 Å². The van der Waals surface area contributed by atoms with Crippen molar-refractivity contribution in [3.8, 4) is 5.75 Å². The Kier molecular flexibility index (Phi) is 2.71. The number of rotatable bonds is 2. The van der Waals surface area contributed by atoms with Crippen LogP contribution in [0.4, 0.5) is 0 Å². The molecule has 3 atom stereocenters. The summed E-state index contributed by atoms with van der Waals surface area (Å²) in [6.07, 6.45) is 0.835. The molecule has 0 bridgehead atoms. The average Bonchev–Trinajstić information content (AvgIpc) is 3.16. The van der Waals surface area contributed by atoms with Crippen LogP contribution in [0, 0.1) is 0 Å². The number of hydrogen-bond acceptors (Lipinski definition) is 6. The first-order chi connectivity index (χ1) is 9.79. The molecule has 1 saturated heterocycles. The molecule has 104 valence electrons. The van der Waals surface area contributed by atoms with Crippen LogP contribution in [0.25, 0.3) is 0 Å². The largest absolute Gasteiger partial charge is 0.482 e. The number of fused-ring (bicyclic) bond motifs is 1. The highest BCUT2D eigenvalue weighted by molar-refractivity contribution is 5.37. The average molecular weight is 273 g/mol. The number of benzene rings is 1. The normalized spacial score (nSPS) is 28.4. The van der Waals surface area contributed by atoms with Gasteiger partial charge in [0.05, 0.1) is 12.1 Å². The number of para-hydroxylation sites is 1. The van der Waals surface area contributed by atoms with E-state index in [-0.39, 0.29) is 18.2 Å². The van der Waals surface area contributed by atoms with Gasteiger partial charge in [0.15, 0.2) is 6.10 Å². The number of aliphatic hydroxyl groups is 1. The minimum absolute atomic E-state index is 0.0602. The molecule has 6 heteroatoms. The Morgan fingerprint density at radius 3 is 3.00 bits per heavy atom. The summed E-state index contributed by atoms with van der Waals surface area (Å²) in [6.45, 7) is 0.563. The highest BCUT2D eigenvalue weighted by Crippen LogP contribution is 2.35. The molecule has 1 aromatic heterocycles. The Morgan fingerprint density at radius 2 is 2.20 bits per heavy atom. The molecule has 20 heavy (non-hydrogen) atoms. The summed E-state index contributed by atoms with van der Waals surface area (Å²) in [5.74, 6) is 1.98. The lowest BCUT2D eigenvalue weighted by atomic mass is 10.1. The highest BCUT2D eigenvalue weighted by Gasteiger charge is 2.32. The molecule has 0 aliphatic carbocycles. The fourth-order valence-corrected chi connectivity index (χ4v) is 2.75. The van der Waals surface area contributed by atoms with Crippen LogP contribution in [0.15, 0.2) is 28.8 Å². The standard InChI is InChI=1S/C14H15N3O3/c18-9-6-10(15-7-9)14-16-13(17-20-14)12-5-8-3-1-2-4-11(8)19-12/h1-4,9-10,12,15,18H,5-7H2/t9-,10+,12?/m1/s1. The third-order valence-corrected chi connectivity index (χ3v) is 3.80. The van der Waals surface area contributed by atoms with Crippen LogP contribution in [-0.2, 0) is 6.42 Å². The van der Waals surface area contributed by atoms with Crippen LogP contribution in [0.3, 0.4) is 0 Å². The van der Waals surface area contributed by atoms with Crippen molar-refractivity contribution < 1.29 is 14.4 Å². The second-order valence-corrected chi connectivity index (χ2v) is 5.26. The molecule has 2 aliphatic rings. The van der Waals surface area contributed by atoms with Gasteiger partial charge in [0, 0.05) is 13.0 Å². The van der Waals surface area contributed by atoms with Gasteiger partial charge in [-0.15, -0.1) is 0 Å². The molecule has 1 fully saturated rings. The Morgan fingerprint density at radius 1 is 1.30 bits per heavy atom. The minimum Gasteiger partial charge on any atom is -0.482 e. The maximum absolute atomic E-state index is 9.52. The van der Waals surface area contributed by atoms with Crippen molar-refractivity contribution >= 4 is 0 Å². The lowest BCUT2D eigenvalue weighted by molar-refractivity contribution is 0.190. The van der Waals surface area contributed by atoms with Crippen molar-refractivity contribution in [2.45, 2.75) is 31.1 Å². The molecule has 0 radical (unpaired) electrons. The van der Waals surface area contributed by atoms with E-state index < -0.39 is 0 Å². The number of nitrogens with zero attached hydrogens (tertiary/aromatic N) is 2. The zero-order chi connectivity index (χ0) is 13.5. The molecular formula is C14H15N3O3. The van der Waals surface area contributed by atoms with Gasteiger partial charge in [-0.2, -0.15) is 4.98 Å². The highest BCUT2D eigenvalue weighted by atomic mass is 16.5. The first-order valence-electron chi connectivity index (χ1n) is 6.79. The zero-order valence-electron chi connectivity index (χ0n) is 10.8. The molecule has 0 saturated carbocycles. The Labute approximate surface area is 115 Å². The van der Waals surface area contributed by atoms with Gasteiger partial charge in [0.1, 0.15) is 5.75 Å². The summed E-state index contributed by atoms with van der Waals surface area (Å²) < 4.78 is 11.1. The summed E-state index contributed by atoms with van der Waals surface area (Å²) in [5.41, 5.74) is 1.17. The van der Waals surface area contributed by atoms with Crippen LogP contribution in [0.5, 0.6) is 5.75 Å². The quantitative estimate of drug-likeness (QED) is 0.854. The lowest BCUT2D eigenvalue weighted by Crippen LogP contribution is -2.15. The third-order valence-electron chi connectivity index (χ3n) is 3.80. The third kappa shape index (κ3) is 1.97. The number of ether oxygens (including phenoxy) is 1. The number of hydrogen-bond donors (Lipinski definition) is 2. The smallest absolute Gasteiger partial charge is 0.244 e. The van der Waals surface area contributed by atoms with E-state index in [1.165, 1.54) is 5.56 Å². The summed E-state index contributed by atoms with van der Waals surface area (Å²) in [7, 11) is 0. The van der Waals surface area contributed by atoms with Crippen molar-refractivity contribution in [2.24, 2.45) is 0 Å². The molecule has 2 N–H and O–H groups in total. The molecule has 1 aromatic carbocycles. The predicted octanol–water partition coefficient (Wildman–Crippen LogP) is 1.14. The molecule has 0 amide bonds. The zero-order valence-corrected chi connectivity index (χ0v) is 10.8. The summed E-state index contributed by atoms with van der Waals surface area (Å²) in [5, 5.41) is 16.7. The molecule has 0 spiro atoms. The van der Waals surface area contributed by atoms with Crippen LogP contribution < -0.4 is 10.1 Å². The minimum atomic E-state index is -0.345. The van der Waals surface area contributed by atoms with Gasteiger partial charge in [-0.3, -0.25) is 0 Å². The van der Waals surface area contributed by atoms with Crippen LogP contribution in [0.2, 0.25) is 0 Å². The number of β-amino-alcohol motifs (C(OH)–C–C–N with tert-alkyl or cyclic N) is 1. The second-order valence-electron chi connectivity index (χ2n) is 5.26. The SMILES string of the molecule is O[C@H]1CN[C@H](c2nc(C3Cc4ccccc4O3)no2)C1. The first-order valence-corrected chi connectivity index (χ1v) is 6.79. The molecule has 2 aliphatic heterocycles. The molecule has 4 rings (SSSR count). The van der Waals surface area contributed by atoms with E-state index in [2.05, 4.69) is 15.5 Å². The van der Waals surface area contributed by atoms with Gasteiger partial charge in [-0.05, 0) is 18.1 Å². The maximum atomic E-state index is 9.52. The predicted molar refractivity (Wildman–Crippen MR) is 69.2 cm³/mol.